The molecule has 0 atom stereocenters. The minimum atomic E-state index is -0.255. The zero-order chi connectivity index (χ0) is 11.5. The Labute approximate surface area is 104 Å². The van der Waals surface area contributed by atoms with Gasteiger partial charge in [-0.2, -0.15) is 0 Å². The van der Waals surface area contributed by atoms with Crippen LogP contribution in [0, 0.1) is 0 Å². The number of rotatable bonds is 2. The molecule has 2 aromatic heterocycles. The van der Waals surface area contributed by atoms with Crippen LogP contribution in [0.15, 0.2) is 28.3 Å². The molecular weight excluding hydrogens is 292 g/mol. The molecule has 2 rings (SSSR count). The Kier molecular flexibility index (Phi) is 3.16. The SMILES string of the molecule is Nc1ccc(C(=O)Nc2ncc(Br)s2)cn1. The van der Waals surface area contributed by atoms with Gasteiger partial charge in [-0.1, -0.05) is 11.3 Å². The van der Waals surface area contributed by atoms with Crippen LogP contribution < -0.4 is 11.1 Å². The van der Waals surface area contributed by atoms with Gasteiger partial charge in [-0.3, -0.25) is 10.1 Å². The molecule has 82 valence electrons. The molecule has 0 aliphatic heterocycles. The fourth-order valence-corrected chi connectivity index (χ4v) is 2.12. The maximum absolute atomic E-state index is 11.7. The first-order valence-electron chi connectivity index (χ1n) is 4.29. The third kappa shape index (κ3) is 2.56. The number of hydrogen-bond acceptors (Lipinski definition) is 5. The van der Waals surface area contributed by atoms with Crippen LogP contribution in [0.3, 0.4) is 0 Å². The Hall–Kier alpha value is -1.47. The summed E-state index contributed by atoms with van der Waals surface area (Å²) < 4.78 is 0.859. The lowest BCUT2D eigenvalue weighted by molar-refractivity contribution is 0.102. The Balaban J connectivity index is 2.11. The zero-order valence-electron chi connectivity index (χ0n) is 7.98. The van der Waals surface area contributed by atoms with Crippen molar-refractivity contribution in [2.24, 2.45) is 0 Å². The largest absolute Gasteiger partial charge is 0.384 e. The average molecular weight is 299 g/mol. The highest BCUT2D eigenvalue weighted by Gasteiger charge is 2.08. The van der Waals surface area contributed by atoms with Crippen LogP contribution in [-0.4, -0.2) is 15.9 Å². The Morgan fingerprint density at radius 2 is 2.19 bits per heavy atom. The predicted octanol–water partition coefficient (Wildman–Crippen LogP) is 2.14. The Morgan fingerprint density at radius 3 is 2.75 bits per heavy atom. The maximum atomic E-state index is 11.7. The van der Waals surface area contributed by atoms with E-state index in [4.69, 9.17) is 5.73 Å². The molecule has 5 nitrogen and oxygen atoms in total. The second-order valence-corrected chi connectivity index (χ2v) is 5.31. The number of amides is 1. The molecule has 0 radical (unpaired) electrons. The van der Waals surface area contributed by atoms with E-state index in [2.05, 4.69) is 31.2 Å². The molecule has 0 aromatic carbocycles. The molecule has 0 bridgehead atoms. The molecular formula is C9H7BrN4OS. The molecule has 0 unspecified atom stereocenters. The lowest BCUT2D eigenvalue weighted by atomic mass is 10.2. The van der Waals surface area contributed by atoms with Crippen molar-refractivity contribution in [3.05, 3.63) is 33.9 Å². The Bertz CT molecular complexity index is 510. The lowest BCUT2D eigenvalue weighted by Crippen LogP contribution is -2.12. The van der Waals surface area contributed by atoms with Gasteiger partial charge in [-0.15, -0.1) is 0 Å². The number of aromatic nitrogens is 2. The molecule has 2 heterocycles. The van der Waals surface area contributed by atoms with Gasteiger partial charge in [0.15, 0.2) is 5.13 Å². The number of nitrogen functional groups attached to an aromatic ring is 1. The van der Waals surface area contributed by atoms with E-state index in [9.17, 15) is 4.79 Å². The number of carbonyl (C=O) groups is 1. The van der Waals surface area contributed by atoms with E-state index in [1.54, 1.807) is 18.3 Å². The van der Waals surface area contributed by atoms with Crippen LogP contribution in [0.5, 0.6) is 0 Å². The quantitative estimate of drug-likeness (QED) is 0.890. The summed E-state index contributed by atoms with van der Waals surface area (Å²) >= 11 is 4.61. The third-order valence-electron chi connectivity index (χ3n) is 1.75. The van der Waals surface area contributed by atoms with Crippen molar-refractivity contribution in [2.45, 2.75) is 0 Å². The summed E-state index contributed by atoms with van der Waals surface area (Å²) in [7, 11) is 0. The maximum Gasteiger partial charge on any atom is 0.259 e. The number of nitrogens with zero attached hydrogens (tertiary/aromatic N) is 2. The van der Waals surface area contributed by atoms with Gasteiger partial charge in [0.1, 0.15) is 5.82 Å². The Morgan fingerprint density at radius 1 is 1.38 bits per heavy atom. The highest BCUT2D eigenvalue weighted by atomic mass is 79.9. The van der Waals surface area contributed by atoms with Crippen LogP contribution >= 0.6 is 27.3 Å². The van der Waals surface area contributed by atoms with Gasteiger partial charge in [-0.05, 0) is 28.1 Å². The predicted molar refractivity (Wildman–Crippen MR) is 66.4 cm³/mol. The van der Waals surface area contributed by atoms with Crippen molar-refractivity contribution in [3.8, 4) is 0 Å². The minimum absolute atomic E-state index is 0.255. The van der Waals surface area contributed by atoms with E-state index in [0.717, 1.165) is 3.79 Å². The third-order valence-corrected chi connectivity index (χ3v) is 3.14. The molecule has 0 aliphatic carbocycles. The normalized spacial score (nSPS) is 10.1. The average Bonchev–Trinajstić information content (AvgIpc) is 2.65. The summed E-state index contributed by atoms with van der Waals surface area (Å²) in [5.41, 5.74) is 5.87. The lowest BCUT2D eigenvalue weighted by Gasteiger charge is -2.00. The minimum Gasteiger partial charge on any atom is -0.384 e. The number of hydrogen-bond donors (Lipinski definition) is 2. The molecule has 16 heavy (non-hydrogen) atoms. The summed E-state index contributed by atoms with van der Waals surface area (Å²) in [6.45, 7) is 0. The second-order valence-electron chi connectivity index (χ2n) is 2.90. The smallest absolute Gasteiger partial charge is 0.259 e. The van der Waals surface area contributed by atoms with Crippen LogP contribution in [0.1, 0.15) is 10.4 Å². The van der Waals surface area contributed by atoms with E-state index >= 15 is 0 Å². The fraction of sp³-hybridized carbons (Fsp3) is 0. The topological polar surface area (TPSA) is 80.9 Å². The van der Waals surface area contributed by atoms with Gasteiger partial charge in [0.25, 0.3) is 5.91 Å². The van der Waals surface area contributed by atoms with E-state index in [1.165, 1.54) is 17.5 Å². The van der Waals surface area contributed by atoms with Crippen LogP contribution in [0.25, 0.3) is 0 Å². The van der Waals surface area contributed by atoms with Gasteiger partial charge in [0.2, 0.25) is 0 Å². The number of nitrogens with two attached hydrogens (primary N) is 1. The number of nitrogens with one attached hydrogen (secondary N) is 1. The van der Waals surface area contributed by atoms with Crippen molar-refractivity contribution >= 4 is 44.1 Å². The highest BCUT2D eigenvalue weighted by Crippen LogP contribution is 2.23. The summed E-state index contributed by atoms with van der Waals surface area (Å²) in [5, 5.41) is 3.19. The van der Waals surface area contributed by atoms with Gasteiger partial charge in [0, 0.05) is 6.20 Å². The van der Waals surface area contributed by atoms with Crippen LogP contribution in [0.4, 0.5) is 10.9 Å². The van der Waals surface area contributed by atoms with E-state index in [0.29, 0.717) is 16.5 Å². The molecule has 0 aliphatic rings. The first-order valence-corrected chi connectivity index (χ1v) is 5.90. The van der Waals surface area contributed by atoms with E-state index in [1.807, 2.05) is 0 Å². The first kappa shape index (κ1) is 11.0. The number of carbonyl (C=O) groups excluding carboxylic acids is 1. The summed E-state index contributed by atoms with van der Waals surface area (Å²) in [6.07, 6.45) is 3.05. The molecule has 3 N–H and O–H groups in total. The number of halogens is 1. The van der Waals surface area contributed by atoms with Gasteiger partial charge in [-0.25, -0.2) is 9.97 Å². The van der Waals surface area contributed by atoms with Crippen molar-refractivity contribution in [2.75, 3.05) is 11.1 Å². The van der Waals surface area contributed by atoms with Crippen LogP contribution in [-0.2, 0) is 0 Å². The zero-order valence-corrected chi connectivity index (χ0v) is 10.4. The number of thiazole rings is 1. The summed E-state index contributed by atoms with van der Waals surface area (Å²) in [5.74, 6) is 0.128. The van der Waals surface area contributed by atoms with Gasteiger partial charge < -0.3 is 5.73 Å². The first-order chi connectivity index (χ1) is 7.65. The number of anilines is 2. The molecule has 7 heteroatoms. The molecule has 1 amide bonds. The van der Waals surface area contributed by atoms with Gasteiger partial charge >= 0.3 is 0 Å². The summed E-state index contributed by atoms with van der Waals surface area (Å²) in [4.78, 5) is 19.5. The molecule has 0 saturated carbocycles. The molecule has 0 spiro atoms. The monoisotopic (exact) mass is 298 g/mol. The van der Waals surface area contributed by atoms with Crippen molar-refractivity contribution < 1.29 is 4.79 Å². The molecule has 0 fully saturated rings. The second kappa shape index (κ2) is 4.58. The van der Waals surface area contributed by atoms with Crippen LogP contribution in [0.2, 0.25) is 0 Å². The van der Waals surface area contributed by atoms with Gasteiger partial charge in [0.05, 0.1) is 15.5 Å². The van der Waals surface area contributed by atoms with E-state index in [-0.39, 0.29) is 5.91 Å². The van der Waals surface area contributed by atoms with Crippen molar-refractivity contribution in [3.63, 3.8) is 0 Å². The van der Waals surface area contributed by atoms with Crippen molar-refractivity contribution in [1.82, 2.24) is 9.97 Å². The molecule has 2 aromatic rings. The fourth-order valence-electron chi connectivity index (χ4n) is 1.02. The standard InChI is InChI=1S/C9H7BrN4OS/c10-6-4-13-9(16-6)14-8(15)5-1-2-7(11)12-3-5/h1-4H,(H2,11,12)(H,13,14,15). The number of pyridine rings is 1. The summed E-state index contributed by atoms with van der Waals surface area (Å²) in [6, 6.07) is 3.19. The highest BCUT2D eigenvalue weighted by molar-refractivity contribution is 9.11. The van der Waals surface area contributed by atoms with Crippen molar-refractivity contribution in [1.29, 1.82) is 0 Å². The molecule has 0 saturated heterocycles. The van der Waals surface area contributed by atoms with E-state index < -0.39 is 0 Å².